The van der Waals surface area contributed by atoms with Crippen molar-refractivity contribution in [2.24, 2.45) is 5.92 Å². The van der Waals surface area contributed by atoms with Crippen molar-refractivity contribution in [3.05, 3.63) is 59.4 Å². The van der Waals surface area contributed by atoms with Gasteiger partial charge >= 0.3 is 6.18 Å². The Balaban J connectivity index is 1.92. The molecule has 2 rings (SSSR count). The molecule has 1 aromatic carbocycles. The van der Waals surface area contributed by atoms with E-state index in [1.165, 1.54) is 0 Å². The number of aryl methyl sites for hydroxylation is 1. The molecule has 0 heterocycles. The molecule has 0 spiro atoms. The predicted molar refractivity (Wildman–Crippen MR) is 77.1 cm³/mol. The Kier molecular flexibility index (Phi) is 5.06. The molecule has 0 amide bonds. The van der Waals surface area contributed by atoms with Gasteiger partial charge in [0.1, 0.15) is 5.76 Å². The number of halogens is 3. The number of alkyl halides is 3. The van der Waals surface area contributed by atoms with Gasteiger partial charge in [-0.15, -0.1) is 0 Å². The Labute approximate surface area is 127 Å². The van der Waals surface area contributed by atoms with E-state index in [9.17, 15) is 18.0 Å². The van der Waals surface area contributed by atoms with E-state index in [2.05, 4.69) is 0 Å². The fraction of sp³-hybridized carbons (Fsp3) is 0.353. The number of benzene rings is 1. The summed E-state index contributed by atoms with van der Waals surface area (Å²) < 4.78 is 43.5. The third kappa shape index (κ3) is 4.23. The quantitative estimate of drug-likeness (QED) is 0.761. The molecule has 1 atom stereocenters. The summed E-state index contributed by atoms with van der Waals surface area (Å²) in [6, 6.07) is 9.75. The molecule has 118 valence electrons. The smallest absolute Gasteiger partial charge is 0.416 e. The van der Waals surface area contributed by atoms with Crippen molar-refractivity contribution in [3.63, 3.8) is 0 Å². The molecule has 0 bridgehead atoms. The van der Waals surface area contributed by atoms with Gasteiger partial charge in [-0.05, 0) is 37.5 Å². The predicted octanol–water partition coefficient (Wildman–Crippen LogP) is 4.23. The zero-order valence-electron chi connectivity index (χ0n) is 12.2. The maximum atomic E-state index is 12.7. The lowest BCUT2D eigenvalue weighted by Crippen LogP contribution is -2.23. The van der Waals surface area contributed by atoms with Crippen molar-refractivity contribution < 1.29 is 22.7 Å². The highest BCUT2D eigenvalue weighted by molar-refractivity contribution is 5.95. The Morgan fingerprint density at radius 3 is 2.45 bits per heavy atom. The van der Waals surface area contributed by atoms with Crippen molar-refractivity contribution in [2.75, 3.05) is 6.61 Å². The lowest BCUT2D eigenvalue weighted by atomic mass is 9.94. The monoisotopic (exact) mass is 310 g/mol. The van der Waals surface area contributed by atoms with Crippen LogP contribution in [0.25, 0.3) is 0 Å². The third-order valence-corrected chi connectivity index (χ3v) is 3.50. The van der Waals surface area contributed by atoms with E-state index in [1.807, 2.05) is 30.3 Å². The molecule has 0 saturated carbocycles. The molecular formula is C17H17F3O2. The Morgan fingerprint density at radius 1 is 1.14 bits per heavy atom. The van der Waals surface area contributed by atoms with E-state index in [1.54, 1.807) is 6.92 Å². The summed E-state index contributed by atoms with van der Waals surface area (Å²) in [6.07, 6.45) is -1.52. The number of ether oxygens (including phenoxy) is 1. The maximum Gasteiger partial charge on any atom is 0.416 e. The van der Waals surface area contributed by atoms with Crippen LogP contribution in [0.3, 0.4) is 0 Å². The number of carbonyl (C=O) groups is 1. The van der Waals surface area contributed by atoms with Crippen LogP contribution in [0.1, 0.15) is 18.9 Å². The normalized spacial score (nSPS) is 18.7. The second-order valence-corrected chi connectivity index (χ2v) is 5.21. The summed E-state index contributed by atoms with van der Waals surface area (Å²) in [5, 5.41) is 0. The van der Waals surface area contributed by atoms with Gasteiger partial charge in [0.2, 0.25) is 0 Å². The topological polar surface area (TPSA) is 26.3 Å². The molecule has 0 fully saturated rings. The van der Waals surface area contributed by atoms with Crippen molar-refractivity contribution in [1.29, 1.82) is 0 Å². The van der Waals surface area contributed by atoms with Gasteiger partial charge in [-0.3, -0.25) is 4.79 Å². The molecule has 1 aliphatic carbocycles. The zero-order valence-corrected chi connectivity index (χ0v) is 12.2. The molecule has 0 aromatic heterocycles. The summed E-state index contributed by atoms with van der Waals surface area (Å²) >= 11 is 0. The van der Waals surface area contributed by atoms with E-state index in [0.717, 1.165) is 18.1 Å². The van der Waals surface area contributed by atoms with Gasteiger partial charge in [0.05, 0.1) is 18.1 Å². The molecule has 0 aliphatic heterocycles. The van der Waals surface area contributed by atoms with Gasteiger partial charge in [0.15, 0.2) is 5.78 Å². The van der Waals surface area contributed by atoms with Crippen LogP contribution in [0.4, 0.5) is 13.2 Å². The van der Waals surface area contributed by atoms with E-state index < -0.39 is 23.5 Å². The molecule has 22 heavy (non-hydrogen) atoms. The second-order valence-electron chi connectivity index (χ2n) is 5.21. The van der Waals surface area contributed by atoms with E-state index in [0.29, 0.717) is 12.5 Å². The minimum absolute atomic E-state index is 0.0906. The SMILES string of the molecule is CC1C(=O)C=C(C(F)(F)F)C=C1OCCCc1ccccc1. The molecule has 1 aromatic rings. The molecule has 0 saturated heterocycles. The number of carbonyl (C=O) groups excluding carboxylic acids is 1. The first-order valence-electron chi connectivity index (χ1n) is 7.09. The van der Waals surface area contributed by atoms with E-state index in [-0.39, 0.29) is 12.4 Å². The summed E-state index contributed by atoms with van der Waals surface area (Å²) in [5.41, 5.74) is 0.192. The molecular weight excluding hydrogens is 293 g/mol. The van der Waals surface area contributed by atoms with Crippen LogP contribution in [-0.4, -0.2) is 18.6 Å². The van der Waals surface area contributed by atoms with Crippen LogP contribution in [0, 0.1) is 5.92 Å². The number of rotatable bonds is 5. The molecule has 1 aliphatic rings. The Morgan fingerprint density at radius 2 is 1.82 bits per heavy atom. The van der Waals surface area contributed by atoms with Gasteiger partial charge < -0.3 is 4.74 Å². The maximum absolute atomic E-state index is 12.7. The van der Waals surface area contributed by atoms with Crippen molar-refractivity contribution in [3.8, 4) is 0 Å². The first-order chi connectivity index (χ1) is 10.4. The van der Waals surface area contributed by atoms with E-state index in [4.69, 9.17) is 4.74 Å². The third-order valence-electron chi connectivity index (χ3n) is 3.50. The first-order valence-corrected chi connectivity index (χ1v) is 7.09. The van der Waals surface area contributed by atoms with Crippen LogP contribution in [0.5, 0.6) is 0 Å². The lowest BCUT2D eigenvalue weighted by molar-refractivity contribution is -0.119. The highest BCUT2D eigenvalue weighted by Crippen LogP contribution is 2.33. The first kappa shape index (κ1) is 16.3. The molecule has 2 nitrogen and oxygen atoms in total. The minimum Gasteiger partial charge on any atom is -0.497 e. The second kappa shape index (κ2) is 6.81. The summed E-state index contributed by atoms with van der Waals surface area (Å²) in [5.74, 6) is -1.15. The van der Waals surface area contributed by atoms with Gasteiger partial charge in [0, 0.05) is 0 Å². The Bertz CT molecular complexity index is 586. The van der Waals surface area contributed by atoms with Crippen LogP contribution in [-0.2, 0) is 16.0 Å². The average Bonchev–Trinajstić information content (AvgIpc) is 2.47. The fourth-order valence-corrected chi connectivity index (χ4v) is 2.18. The van der Waals surface area contributed by atoms with Gasteiger partial charge in [-0.2, -0.15) is 13.2 Å². The summed E-state index contributed by atoms with van der Waals surface area (Å²) in [7, 11) is 0. The van der Waals surface area contributed by atoms with Gasteiger partial charge in [0.25, 0.3) is 0 Å². The van der Waals surface area contributed by atoms with Crippen LogP contribution >= 0.6 is 0 Å². The lowest BCUT2D eigenvalue weighted by Gasteiger charge is -2.21. The fourth-order valence-electron chi connectivity index (χ4n) is 2.18. The van der Waals surface area contributed by atoms with E-state index >= 15 is 0 Å². The standard InChI is InChI=1S/C17H17F3O2/c1-12-15(21)10-14(17(18,19)20)11-16(12)22-9-5-8-13-6-3-2-4-7-13/h2-4,6-7,10-12H,5,8-9H2,1H3. The van der Waals surface area contributed by atoms with Gasteiger partial charge in [-0.1, -0.05) is 30.3 Å². The van der Waals surface area contributed by atoms with Crippen molar-refractivity contribution in [2.45, 2.75) is 25.9 Å². The Hall–Kier alpha value is -2.04. The van der Waals surface area contributed by atoms with Crippen molar-refractivity contribution >= 4 is 5.78 Å². The minimum atomic E-state index is -4.53. The van der Waals surface area contributed by atoms with Crippen LogP contribution in [0.15, 0.2) is 53.8 Å². The number of hydrogen-bond acceptors (Lipinski definition) is 2. The summed E-state index contributed by atoms with van der Waals surface area (Å²) in [4.78, 5) is 11.6. The van der Waals surface area contributed by atoms with Gasteiger partial charge in [-0.25, -0.2) is 0 Å². The molecule has 5 heteroatoms. The van der Waals surface area contributed by atoms with Crippen LogP contribution < -0.4 is 0 Å². The summed E-state index contributed by atoms with van der Waals surface area (Å²) in [6.45, 7) is 1.83. The number of hydrogen-bond donors (Lipinski definition) is 0. The molecule has 0 radical (unpaired) electrons. The highest BCUT2D eigenvalue weighted by atomic mass is 19.4. The molecule has 1 unspecified atom stereocenters. The zero-order chi connectivity index (χ0) is 16.2. The van der Waals surface area contributed by atoms with Crippen molar-refractivity contribution in [1.82, 2.24) is 0 Å². The number of ketones is 1. The highest BCUT2D eigenvalue weighted by Gasteiger charge is 2.37. The van der Waals surface area contributed by atoms with Crippen LogP contribution in [0.2, 0.25) is 0 Å². The largest absolute Gasteiger partial charge is 0.497 e. The molecule has 0 N–H and O–H groups in total. The number of allylic oxidation sites excluding steroid dienone is 4. The average molecular weight is 310 g/mol.